The first kappa shape index (κ1) is 23.4. The van der Waals surface area contributed by atoms with E-state index in [1.165, 1.54) is 24.3 Å². The van der Waals surface area contributed by atoms with Gasteiger partial charge in [0.25, 0.3) is 11.1 Å². The lowest BCUT2D eigenvalue weighted by Crippen LogP contribution is -2.14. The number of amides is 1. The Balaban J connectivity index is 1.52. The van der Waals surface area contributed by atoms with Crippen molar-refractivity contribution in [1.29, 1.82) is 0 Å². The van der Waals surface area contributed by atoms with Crippen LogP contribution >= 0.6 is 11.8 Å². The van der Waals surface area contributed by atoms with Gasteiger partial charge in [-0.2, -0.15) is 0 Å². The van der Waals surface area contributed by atoms with Crippen LogP contribution in [-0.4, -0.2) is 35.1 Å². The number of thioether (sulfide) groups is 1. The maximum absolute atomic E-state index is 13.0. The molecule has 0 saturated carbocycles. The zero-order chi connectivity index (χ0) is 22.9. The summed E-state index contributed by atoms with van der Waals surface area (Å²) in [7, 11) is 0. The van der Waals surface area contributed by atoms with Gasteiger partial charge < -0.3 is 23.9 Å². The zero-order valence-electron chi connectivity index (χ0n) is 18.0. The molecule has 0 aliphatic carbocycles. The van der Waals surface area contributed by atoms with Crippen LogP contribution in [0.1, 0.15) is 32.8 Å². The molecule has 0 aliphatic rings. The van der Waals surface area contributed by atoms with E-state index in [-0.39, 0.29) is 28.6 Å². The van der Waals surface area contributed by atoms with Crippen molar-refractivity contribution in [3.63, 3.8) is 0 Å². The number of nitrogens with zero attached hydrogens (tertiary/aromatic N) is 2. The van der Waals surface area contributed by atoms with Crippen LogP contribution in [-0.2, 0) is 4.79 Å². The van der Waals surface area contributed by atoms with Gasteiger partial charge in [-0.05, 0) is 57.2 Å². The molecule has 0 saturated heterocycles. The highest BCUT2D eigenvalue weighted by molar-refractivity contribution is 7.99. The Kier molecular flexibility index (Phi) is 8.32. The number of nitrogens with one attached hydrogen (secondary N) is 1. The van der Waals surface area contributed by atoms with E-state index in [0.29, 0.717) is 36.1 Å². The largest absolute Gasteiger partial charge is 0.490 e. The average Bonchev–Trinajstić information content (AvgIpc) is 3.25. The SMILES string of the molecule is CCOc1ccc(NC(=O)CSc2nnc([C@@H](C)Oc3ccc(F)cc3)o2)cc1OCC. The summed E-state index contributed by atoms with van der Waals surface area (Å²) < 4.78 is 35.3. The zero-order valence-corrected chi connectivity index (χ0v) is 18.8. The highest BCUT2D eigenvalue weighted by Gasteiger charge is 2.17. The molecule has 8 nitrogen and oxygen atoms in total. The first-order valence-electron chi connectivity index (χ1n) is 10.1. The summed E-state index contributed by atoms with van der Waals surface area (Å²) in [5.74, 6) is 1.41. The molecular formula is C22H24FN3O5S. The first-order valence-corrected chi connectivity index (χ1v) is 11.0. The lowest BCUT2D eigenvalue weighted by Gasteiger charge is -2.12. The average molecular weight is 462 g/mol. The summed E-state index contributed by atoms with van der Waals surface area (Å²) in [6, 6.07) is 10.9. The third-order valence-electron chi connectivity index (χ3n) is 4.05. The summed E-state index contributed by atoms with van der Waals surface area (Å²) >= 11 is 1.11. The Morgan fingerprint density at radius 1 is 1.09 bits per heavy atom. The van der Waals surface area contributed by atoms with Gasteiger partial charge in [-0.1, -0.05) is 11.8 Å². The van der Waals surface area contributed by atoms with Crippen molar-refractivity contribution in [3.8, 4) is 17.2 Å². The summed E-state index contributed by atoms with van der Waals surface area (Å²) in [4.78, 5) is 12.3. The Bertz CT molecular complexity index is 1030. The van der Waals surface area contributed by atoms with Crippen LogP contribution in [0.25, 0.3) is 0 Å². The number of carbonyl (C=O) groups excluding carboxylic acids is 1. The molecule has 3 aromatic rings. The minimum atomic E-state index is -0.531. The topological polar surface area (TPSA) is 95.7 Å². The molecule has 1 atom stereocenters. The Morgan fingerprint density at radius 3 is 2.53 bits per heavy atom. The van der Waals surface area contributed by atoms with Crippen molar-refractivity contribution in [1.82, 2.24) is 10.2 Å². The number of rotatable bonds is 11. The molecule has 0 aliphatic heterocycles. The first-order chi connectivity index (χ1) is 15.5. The molecule has 10 heteroatoms. The Hall–Kier alpha value is -3.27. The second kappa shape index (κ2) is 11.4. The number of hydrogen-bond acceptors (Lipinski definition) is 8. The molecular weight excluding hydrogens is 437 g/mol. The number of carbonyl (C=O) groups is 1. The van der Waals surface area contributed by atoms with Gasteiger partial charge in [0, 0.05) is 11.8 Å². The lowest BCUT2D eigenvalue weighted by atomic mass is 10.2. The van der Waals surface area contributed by atoms with E-state index >= 15 is 0 Å². The maximum atomic E-state index is 13.0. The van der Waals surface area contributed by atoms with Crippen molar-refractivity contribution in [2.75, 3.05) is 24.3 Å². The van der Waals surface area contributed by atoms with E-state index < -0.39 is 6.10 Å². The molecule has 3 rings (SSSR count). The molecule has 170 valence electrons. The molecule has 1 N–H and O–H groups in total. The fourth-order valence-electron chi connectivity index (χ4n) is 2.66. The second-order valence-electron chi connectivity index (χ2n) is 6.48. The normalized spacial score (nSPS) is 11.6. The fourth-order valence-corrected chi connectivity index (χ4v) is 3.23. The van der Waals surface area contributed by atoms with Crippen LogP contribution in [0.5, 0.6) is 17.2 Å². The third kappa shape index (κ3) is 6.61. The van der Waals surface area contributed by atoms with Gasteiger partial charge in [0.15, 0.2) is 17.6 Å². The predicted molar refractivity (Wildman–Crippen MR) is 118 cm³/mol. The van der Waals surface area contributed by atoms with Gasteiger partial charge in [0.2, 0.25) is 5.91 Å². The number of ether oxygens (including phenoxy) is 3. The van der Waals surface area contributed by atoms with E-state index in [2.05, 4.69) is 15.5 Å². The van der Waals surface area contributed by atoms with Gasteiger partial charge in [-0.3, -0.25) is 4.79 Å². The fraction of sp³-hybridized carbons (Fsp3) is 0.318. The van der Waals surface area contributed by atoms with Gasteiger partial charge in [0.1, 0.15) is 11.6 Å². The van der Waals surface area contributed by atoms with Crippen molar-refractivity contribution < 1.29 is 27.8 Å². The predicted octanol–water partition coefficient (Wildman–Crippen LogP) is 4.88. The summed E-state index contributed by atoms with van der Waals surface area (Å²) in [5, 5.41) is 10.9. The van der Waals surface area contributed by atoms with E-state index in [4.69, 9.17) is 18.6 Å². The molecule has 32 heavy (non-hydrogen) atoms. The molecule has 1 aromatic heterocycles. The quantitative estimate of drug-likeness (QED) is 0.404. The number of benzene rings is 2. The van der Waals surface area contributed by atoms with Crippen LogP contribution in [0.15, 0.2) is 52.1 Å². The van der Waals surface area contributed by atoms with Crippen LogP contribution < -0.4 is 19.5 Å². The molecule has 0 unspecified atom stereocenters. The van der Waals surface area contributed by atoms with Crippen molar-refractivity contribution in [2.24, 2.45) is 0 Å². The van der Waals surface area contributed by atoms with E-state index in [1.54, 1.807) is 25.1 Å². The Labute approximate surface area is 189 Å². The van der Waals surface area contributed by atoms with Crippen molar-refractivity contribution in [2.45, 2.75) is 32.1 Å². The molecule has 2 aromatic carbocycles. The smallest absolute Gasteiger partial charge is 0.277 e. The molecule has 0 radical (unpaired) electrons. The highest BCUT2D eigenvalue weighted by Crippen LogP contribution is 2.31. The number of halogens is 1. The number of anilines is 1. The van der Waals surface area contributed by atoms with E-state index in [1.807, 2.05) is 13.8 Å². The summed E-state index contributed by atoms with van der Waals surface area (Å²) in [5.41, 5.74) is 0.593. The van der Waals surface area contributed by atoms with Crippen LogP contribution in [0.2, 0.25) is 0 Å². The van der Waals surface area contributed by atoms with Crippen molar-refractivity contribution >= 4 is 23.4 Å². The highest BCUT2D eigenvalue weighted by atomic mass is 32.2. The molecule has 0 bridgehead atoms. The van der Waals surface area contributed by atoms with E-state index in [9.17, 15) is 9.18 Å². The minimum Gasteiger partial charge on any atom is -0.490 e. The van der Waals surface area contributed by atoms with Gasteiger partial charge in [-0.25, -0.2) is 4.39 Å². The van der Waals surface area contributed by atoms with E-state index in [0.717, 1.165) is 11.8 Å². The Morgan fingerprint density at radius 2 is 1.81 bits per heavy atom. The van der Waals surface area contributed by atoms with Gasteiger partial charge in [-0.15, -0.1) is 10.2 Å². The molecule has 0 fully saturated rings. The number of aromatic nitrogens is 2. The lowest BCUT2D eigenvalue weighted by molar-refractivity contribution is -0.113. The van der Waals surface area contributed by atoms with Crippen LogP contribution in [0, 0.1) is 5.82 Å². The van der Waals surface area contributed by atoms with Crippen LogP contribution in [0.4, 0.5) is 10.1 Å². The van der Waals surface area contributed by atoms with Gasteiger partial charge >= 0.3 is 0 Å². The standard InChI is InChI=1S/C22H24FN3O5S/c1-4-28-18-11-8-16(12-19(18)29-5-2)24-20(27)13-32-22-26-25-21(31-22)14(3)30-17-9-6-15(23)7-10-17/h6-12,14H,4-5,13H2,1-3H3,(H,24,27)/t14-/m1/s1. The summed E-state index contributed by atoms with van der Waals surface area (Å²) in [6.07, 6.45) is -0.531. The molecule has 1 heterocycles. The second-order valence-corrected chi connectivity index (χ2v) is 7.41. The monoisotopic (exact) mass is 461 g/mol. The third-order valence-corrected chi connectivity index (χ3v) is 4.87. The van der Waals surface area contributed by atoms with Gasteiger partial charge in [0.05, 0.1) is 19.0 Å². The summed E-state index contributed by atoms with van der Waals surface area (Å²) in [6.45, 7) is 6.50. The van der Waals surface area contributed by atoms with Crippen LogP contribution in [0.3, 0.4) is 0 Å². The molecule has 0 spiro atoms. The number of hydrogen-bond donors (Lipinski definition) is 1. The van der Waals surface area contributed by atoms with Crippen molar-refractivity contribution in [3.05, 3.63) is 54.2 Å². The minimum absolute atomic E-state index is 0.0754. The molecule has 1 amide bonds. The maximum Gasteiger partial charge on any atom is 0.277 e.